The van der Waals surface area contributed by atoms with E-state index in [0.29, 0.717) is 25.1 Å². The molecule has 0 aliphatic carbocycles. The standard InChI is InChI=1S/C24H32IN3O4S/c1-5-22(24(30)26-18(2)3)27(16-15-19-9-7-6-8-10-19)23(29)17-28(33(4,31)32)21-13-11-20(25)12-14-21/h6-14,18,22H,5,15-17H2,1-4H3,(H,26,30). The number of rotatable bonds is 11. The third kappa shape index (κ3) is 8.29. The van der Waals surface area contributed by atoms with Gasteiger partial charge in [0.05, 0.1) is 11.9 Å². The lowest BCUT2D eigenvalue weighted by Crippen LogP contribution is -2.54. The molecule has 2 aromatic rings. The maximum absolute atomic E-state index is 13.5. The highest BCUT2D eigenvalue weighted by Gasteiger charge is 2.31. The van der Waals surface area contributed by atoms with Gasteiger partial charge < -0.3 is 10.2 Å². The van der Waals surface area contributed by atoms with Crippen LogP contribution < -0.4 is 9.62 Å². The van der Waals surface area contributed by atoms with Crippen molar-refractivity contribution in [3.8, 4) is 0 Å². The van der Waals surface area contributed by atoms with Crippen LogP contribution >= 0.6 is 22.6 Å². The molecule has 1 N–H and O–H groups in total. The van der Waals surface area contributed by atoms with Gasteiger partial charge in [0.25, 0.3) is 0 Å². The summed E-state index contributed by atoms with van der Waals surface area (Å²) < 4.78 is 27.1. The second kappa shape index (κ2) is 12.4. The van der Waals surface area contributed by atoms with E-state index in [1.54, 1.807) is 24.3 Å². The van der Waals surface area contributed by atoms with Gasteiger partial charge in [-0.1, -0.05) is 37.3 Å². The molecule has 180 valence electrons. The van der Waals surface area contributed by atoms with Gasteiger partial charge in [-0.3, -0.25) is 13.9 Å². The lowest BCUT2D eigenvalue weighted by molar-refractivity contribution is -0.139. The predicted octanol–water partition coefficient (Wildman–Crippen LogP) is 3.43. The molecule has 2 aromatic carbocycles. The zero-order valence-corrected chi connectivity index (χ0v) is 22.5. The van der Waals surface area contributed by atoms with E-state index in [4.69, 9.17) is 0 Å². The zero-order chi connectivity index (χ0) is 24.6. The molecule has 2 amide bonds. The van der Waals surface area contributed by atoms with Gasteiger partial charge in [0.15, 0.2) is 0 Å². The Hall–Kier alpha value is -2.14. The summed E-state index contributed by atoms with van der Waals surface area (Å²) in [6, 6.07) is 15.9. The fourth-order valence-corrected chi connectivity index (χ4v) is 4.71. The van der Waals surface area contributed by atoms with Crippen LogP contribution in [-0.2, 0) is 26.0 Å². The van der Waals surface area contributed by atoms with Gasteiger partial charge in [-0.2, -0.15) is 0 Å². The molecule has 1 unspecified atom stereocenters. The molecule has 0 heterocycles. The number of anilines is 1. The van der Waals surface area contributed by atoms with E-state index in [0.717, 1.165) is 19.7 Å². The van der Waals surface area contributed by atoms with Gasteiger partial charge in [0.1, 0.15) is 12.6 Å². The van der Waals surface area contributed by atoms with E-state index < -0.39 is 22.0 Å². The minimum Gasteiger partial charge on any atom is -0.352 e. The Morgan fingerprint density at radius 2 is 1.64 bits per heavy atom. The first-order valence-corrected chi connectivity index (χ1v) is 13.8. The van der Waals surface area contributed by atoms with Crippen LogP contribution in [0.25, 0.3) is 0 Å². The number of hydrogen-bond donors (Lipinski definition) is 1. The van der Waals surface area contributed by atoms with E-state index >= 15 is 0 Å². The van der Waals surface area contributed by atoms with Gasteiger partial charge in [-0.25, -0.2) is 8.42 Å². The molecule has 0 spiro atoms. The molecule has 7 nitrogen and oxygen atoms in total. The molecule has 1 atom stereocenters. The number of hydrogen-bond acceptors (Lipinski definition) is 4. The first-order chi connectivity index (χ1) is 15.5. The van der Waals surface area contributed by atoms with Gasteiger partial charge >= 0.3 is 0 Å². The lowest BCUT2D eigenvalue weighted by atomic mass is 10.1. The molecule has 0 aliphatic heterocycles. The van der Waals surface area contributed by atoms with E-state index in [1.165, 1.54) is 4.90 Å². The number of halogens is 1. The van der Waals surface area contributed by atoms with Crippen molar-refractivity contribution in [1.29, 1.82) is 0 Å². The van der Waals surface area contributed by atoms with Gasteiger partial charge in [0, 0.05) is 16.2 Å². The average Bonchev–Trinajstić information content (AvgIpc) is 2.75. The molecule has 0 saturated carbocycles. The van der Waals surface area contributed by atoms with Crippen LogP contribution in [-0.4, -0.2) is 56.6 Å². The van der Waals surface area contributed by atoms with E-state index in [1.807, 2.05) is 51.1 Å². The van der Waals surface area contributed by atoms with Crippen molar-refractivity contribution < 1.29 is 18.0 Å². The highest BCUT2D eigenvalue weighted by molar-refractivity contribution is 14.1. The summed E-state index contributed by atoms with van der Waals surface area (Å²) in [4.78, 5) is 27.9. The molecule has 2 rings (SSSR count). The summed E-state index contributed by atoms with van der Waals surface area (Å²) in [6.07, 6.45) is 2.05. The fraction of sp³-hybridized carbons (Fsp3) is 0.417. The number of carbonyl (C=O) groups is 2. The molecule has 0 radical (unpaired) electrons. The monoisotopic (exact) mass is 585 g/mol. The van der Waals surface area contributed by atoms with Crippen molar-refractivity contribution in [3.05, 3.63) is 63.7 Å². The minimum absolute atomic E-state index is 0.0723. The van der Waals surface area contributed by atoms with Crippen LogP contribution in [0.3, 0.4) is 0 Å². The molecular formula is C24H32IN3O4S. The largest absolute Gasteiger partial charge is 0.352 e. The van der Waals surface area contributed by atoms with Crippen LogP contribution in [0, 0.1) is 3.57 Å². The van der Waals surface area contributed by atoms with Crippen LogP contribution in [0.15, 0.2) is 54.6 Å². The summed E-state index contributed by atoms with van der Waals surface area (Å²) in [5.41, 5.74) is 1.45. The van der Waals surface area contributed by atoms with Gasteiger partial charge in [0.2, 0.25) is 21.8 Å². The number of benzene rings is 2. The van der Waals surface area contributed by atoms with Gasteiger partial charge in [-0.15, -0.1) is 0 Å². The van der Waals surface area contributed by atoms with Crippen molar-refractivity contribution in [1.82, 2.24) is 10.2 Å². The summed E-state index contributed by atoms with van der Waals surface area (Å²) in [5.74, 6) is -0.658. The normalized spacial score (nSPS) is 12.3. The molecule has 9 heteroatoms. The van der Waals surface area contributed by atoms with Crippen LogP contribution in [0.1, 0.15) is 32.8 Å². The predicted molar refractivity (Wildman–Crippen MR) is 141 cm³/mol. The Balaban J connectivity index is 2.34. The van der Waals surface area contributed by atoms with E-state index in [-0.39, 0.29) is 18.5 Å². The number of nitrogens with zero attached hydrogens (tertiary/aromatic N) is 2. The Morgan fingerprint density at radius 3 is 2.15 bits per heavy atom. The highest BCUT2D eigenvalue weighted by Crippen LogP contribution is 2.20. The summed E-state index contributed by atoms with van der Waals surface area (Å²) in [6.45, 7) is 5.50. The third-order valence-electron chi connectivity index (χ3n) is 5.09. The Kier molecular flexibility index (Phi) is 10.2. The number of carbonyl (C=O) groups excluding carboxylic acids is 2. The van der Waals surface area contributed by atoms with Crippen LogP contribution in [0.4, 0.5) is 5.69 Å². The highest BCUT2D eigenvalue weighted by atomic mass is 127. The van der Waals surface area contributed by atoms with Crippen molar-refractivity contribution in [2.75, 3.05) is 23.7 Å². The molecule has 33 heavy (non-hydrogen) atoms. The smallest absolute Gasteiger partial charge is 0.244 e. The lowest BCUT2D eigenvalue weighted by Gasteiger charge is -2.33. The quantitative estimate of drug-likeness (QED) is 0.410. The second-order valence-electron chi connectivity index (χ2n) is 8.16. The first-order valence-electron chi connectivity index (χ1n) is 10.9. The van der Waals surface area contributed by atoms with Crippen LogP contribution in [0.2, 0.25) is 0 Å². The Morgan fingerprint density at radius 1 is 1.03 bits per heavy atom. The van der Waals surface area contributed by atoms with E-state index in [9.17, 15) is 18.0 Å². The molecule has 0 aromatic heterocycles. The van der Waals surface area contributed by atoms with E-state index in [2.05, 4.69) is 27.9 Å². The minimum atomic E-state index is -3.72. The zero-order valence-electron chi connectivity index (χ0n) is 19.5. The number of nitrogens with one attached hydrogen (secondary N) is 1. The van der Waals surface area contributed by atoms with Crippen molar-refractivity contribution in [3.63, 3.8) is 0 Å². The summed E-state index contributed by atoms with van der Waals surface area (Å²) >= 11 is 2.14. The molecule has 0 bridgehead atoms. The molecule has 0 fully saturated rings. The van der Waals surface area contributed by atoms with Crippen molar-refractivity contribution in [2.45, 2.75) is 45.7 Å². The third-order valence-corrected chi connectivity index (χ3v) is 6.95. The fourth-order valence-electron chi connectivity index (χ4n) is 3.50. The molecule has 0 saturated heterocycles. The second-order valence-corrected chi connectivity index (χ2v) is 11.3. The maximum atomic E-state index is 13.5. The number of amides is 2. The Bertz CT molecular complexity index is 1030. The first kappa shape index (κ1) is 27.1. The average molecular weight is 586 g/mol. The van der Waals surface area contributed by atoms with Crippen LogP contribution in [0.5, 0.6) is 0 Å². The number of sulfonamides is 1. The van der Waals surface area contributed by atoms with Crippen molar-refractivity contribution in [2.24, 2.45) is 0 Å². The molecular weight excluding hydrogens is 553 g/mol. The van der Waals surface area contributed by atoms with Crippen molar-refractivity contribution >= 4 is 50.1 Å². The SMILES string of the molecule is CCC(C(=O)NC(C)C)N(CCc1ccccc1)C(=O)CN(c1ccc(I)cc1)S(C)(=O)=O. The Labute approximate surface area is 210 Å². The summed E-state index contributed by atoms with van der Waals surface area (Å²) in [5, 5.41) is 2.88. The molecule has 0 aliphatic rings. The topological polar surface area (TPSA) is 86.8 Å². The summed E-state index contributed by atoms with van der Waals surface area (Å²) in [7, 11) is -3.72. The van der Waals surface area contributed by atoms with Gasteiger partial charge in [-0.05, 0) is 79.1 Å². The maximum Gasteiger partial charge on any atom is 0.244 e.